The van der Waals surface area contributed by atoms with E-state index in [4.69, 9.17) is 18.9 Å². The van der Waals surface area contributed by atoms with E-state index >= 15 is 0 Å². The van der Waals surface area contributed by atoms with Crippen LogP contribution in [0.15, 0.2) is 24.0 Å². The van der Waals surface area contributed by atoms with Gasteiger partial charge in [-0.2, -0.15) is 0 Å². The number of rotatable bonds is 6. The Labute approximate surface area is 218 Å². The summed E-state index contributed by atoms with van der Waals surface area (Å²) in [6, 6.07) is 4.09. The lowest BCUT2D eigenvalue weighted by atomic mass is 9.77. The number of carbonyl (C=O) groups is 1. The molecule has 1 aliphatic carbocycles. The number of nitrogens with zero attached hydrogens (tertiary/aromatic N) is 1. The maximum absolute atomic E-state index is 13.6. The van der Waals surface area contributed by atoms with E-state index < -0.39 is 23.1 Å². The van der Waals surface area contributed by atoms with Crippen LogP contribution in [0, 0.1) is 17.3 Å². The van der Waals surface area contributed by atoms with E-state index in [9.17, 15) is 15.0 Å². The molecule has 3 heterocycles. The van der Waals surface area contributed by atoms with Crippen molar-refractivity contribution in [2.75, 3.05) is 33.6 Å². The van der Waals surface area contributed by atoms with Crippen molar-refractivity contribution in [3.05, 3.63) is 35.1 Å². The molecule has 0 radical (unpaired) electrons. The first-order valence-corrected chi connectivity index (χ1v) is 13.1. The molecule has 0 saturated carbocycles. The summed E-state index contributed by atoms with van der Waals surface area (Å²) in [5, 5.41) is 20.8. The van der Waals surface area contributed by atoms with Crippen molar-refractivity contribution in [3.63, 3.8) is 0 Å². The third-order valence-corrected chi connectivity index (χ3v) is 8.37. The van der Waals surface area contributed by atoms with Gasteiger partial charge in [0.15, 0.2) is 23.2 Å². The van der Waals surface area contributed by atoms with Crippen LogP contribution in [0.5, 0.6) is 11.5 Å². The predicted octanol–water partition coefficient (Wildman–Crippen LogP) is 2.90. The zero-order valence-corrected chi connectivity index (χ0v) is 22.1. The van der Waals surface area contributed by atoms with E-state index in [0.29, 0.717) is 11.5 Å². The van der Waals surface area contributed by atoms with Crippen molar-refractivity contribution in [2.45, 2.75) is 76.0 Å². The van der Waals surface area contributed by atoms with Gasteiger partial charge in [-0.3, -0.25) is 4.90 Å². The van der Waals surface area contributed by atoms with E-state index in [1.165, 1.54) is 0 Å². The second kappa shape index (κ2) is 9.54. The molecule has 0 amide bonds. The lowest BCUT2D eigenvalue weighted by molar-refractivity contribution is -0.172. The Morgan fingerprint density at radius 3 is 2.73 bits per heavy atom. The molecule has 1 aromatic carbocycles. The van der Waals surface area contributed by atoms with Crippen molar-refractivity contribution in [1.29, 1.82) is 0 Å². The van der Waals surface area contributed by atoms with Crippen LogP contribution in [0.3, 0.4) is 0 Å². The molecule has 37 heavy (non-hydrogen) atoms. The van der Waals surface area contributed by atoms with Crippen LogP contribution < -0.4 is 9.47 Å². The van der Waals surface area contributed by atoms with Crippen LogP contribution in [0.1, 0.15) is 63.5 Å². The minimum atomic E-state index is -1.77. The van der Waals surface area contributed by atoms with Crippen molar-refractivity contribution in [1.82, 2.24) is 4.90 Å². The second-order valence-electron chi connectivity index (χ2n) is 11.2. The highest BCUT2D eigenvalue weighted by Crippen LogP contribution is 2.55. The van der Waals surface area contributed by atoms with Gasteiger partial charge in [0.1, 0.15) is 5.76 Å². The van der Waals surface area contributed by atoms with Crippen LogP contribution in [-0.2, 0) is 20.7 Å². The maximum atomic E-state index is 13.6. The number of aliphatic hydroxyl groups excluding tert-OH is 1. The fourth-order valence-electron chi connectivity index (χ4n) is 6.13. The van der Waals surface area contributed by atoms with Crippen molar-refractivity contribution in [3.8, 4) is 23.3 Å². The van der Waals surface area contributed by atoms with E-state index in [1.54, 1.807) is 27.9 Å². The van der Waals surface area contributed by atoms with Crippen LogP contribution in [0.25, 0.3) is 0 Å². The standard InChI is InChI=1S/C29H37NO7/c1-5-29(33,11-6-9-27(2,3)17-31)26(32)37-25-23(34-4)16-28-10-7-12-30(28)13-8-19-14-21-22(36-18-35-21)15-20(19)24(25)28/h14-16,24-25,31,33H,5,7-8,10-13,17-18H2,1-4H3/t24-,25-,28+,29+/m1/s1. The number of fused-ring (bicyclic) bond motifs is 3. The van der Waals surface area contributed by atoms with Gasteiger partial charge < -0.3 is 29.2 Å². The predicted molar refractivity (Wildman–Crippen MR) is 136 cm³/mol. The van der Waals surface area contributed by atoms with Crippen molar-refractivity contribution >= 4 is 5.97 Å². The summed E-state index contributed by atoms with van der Waals surface area (Å²) < 4.78 is 23.4. The molecule has 4 aliphatic rings. The van der Waals surface area contributed by atoms with Gasteiger partial charge in [0.2, 0.25) is 6.79 Å². The van der Waals surface area contributed by atoms with Gasteiger partial charge in [-0.25, -0.2) is 4.79 Å². The van der Waals surface area contributed by atoms with E-state index in [0.717, 1.165) is 49.2 Å². The molecule has 2 N–H and O–H groups in total. The molecule has 8 nitrogen and oxygen atoms in total. The number of methoxy groups -OCH3 is 1. The number of hydrogen-bond donors (Lipinski definition) is 2. The average Bonchev–Trinajstić information content (AvgIpc) is 3.57. The molecule has 8 heteroatoms. The van der Waals surface area contributed by atoms with Gasteiger partial charge in [0.05, 0.1) is 25.2 Å². The number of benzene rings is 1. The second-order valence-corrected chi connectivity index (χ2v) is 11.2. The van der Waals surface area contributed by atoms with Crippen LogP contribution in [-0.4, -0.2) is 71.9 Å². The quantitative estimate of drug-likeness (QED) is 0.445. The highest BCUT2D eigenvalue weighted by atomic mass is 16.7. The summed E-state index contributed by atoms with van der Waals surface area (Å²) in [5.41, 5.74) is -0.517. The smallest absolute Gasteiger partial charge is 0.339 e. The topological polar surface area (TPSA) is 97.7 Å². The van der Waals surface area contributed by atoms with Crippen LogP contribution in [0.4, 0.5) is 0 Å². The van der Waals surface area contributed by atoms with E-state index in [1.807, 2.05) is 6.07 Å². The Morgan fingerprint density at radius 1 is 1.27 bits per heavy atom. The van der Waals surface area contributed by atoms with Gasteiger partial charge in [-0.15, -0.1) is 0 Å². The van der Waals surface area contributed by atoms with Crippen LogP contribution >= 0.6 is 0 Å². The minimum absolute atomic E-state index is 0.0816. The fraction of sp³-hybridized carbons (Fsp3) is 0.621. The first kappa shape index (κ1) is 25.9. The first-order valence-electron chi connectivity index (χ1n) is 13.1. The summed E-state index contributed by atoms with van der Waals surface area (Å²) in [5.74, 6) is 6.97. The molecule has 3 aliphatic heterocycles. The zero-order chi connectivity index (χ0) is 26.4. The zero-order valence-electron chi connectivity index (χ0n) is 22.1. The molecule has 0 bridgehead atoms. The number of aliphatic hydroxyl groups is 2. The Morgan fingerprint density at radius 2 is 2.03 bits per heavy atom. The van der Waals surface area contributed by atoms with Gasteiger partial charge in [0, 0.05) is 18.4 Å². The molecule has 200 valence electrons. The summed E-state index contributed by atoms with van der Waals surface area (Å²) in [6.07, 6.45) is 4.33. The molecule has 1 spiro atoms. The lowest BCUT2D eigenvalue weighted by Gasteiger charge is -2.39. The SMILES string of the molecule is CC[C@](O)(CC#CC(C)(C)CO)C(=O)O[C@@H]1C(OC)=C[C@]23CCCN2CCc2cc4c(cc2[C@H]13)OCO4. The fourth-order valence-corrected chi connectivity index (χ4v) is 6.13. The van der Waals surface area contributed by atoms with Crippen LogP contribution in [0.2, 0.25) is 0 Å². The van der Waals surface area contributed by atoms with Crippen molar-refractivity contribution in [2.24, 2.45) is 5.41 Å². The normalized spacial score (nSPS) is 27.6. The van der Waals surface area contributed by atoms with E-state index in [-0.39, 0.29) is 37.7 Å². The summed E-state index contributed by atoms with van der Waals surface area (Å²) in [7, 11) is 1.60. The maximum Gasteiger partial charge on any atom is 0.339 e. The summed E-state index contributed by atoms with van der Waals surface area (Å²) in [6.45, 7) is 7.27. The molecular weight excluding hydrogens is 474 g/mol. The summed E-state index contributed by atoms with van der Waals surface area (Å²) in [4.78, 5) is 16.0. The molecule has 1 saturated heterocycles. The average molecular weight is 512 g/mol. The molecule has 1 aromatic rings. The summed E-state index contributed by atoms with van der Waals surface area (Å²) >= 11 is 0. The third-order valence-electron chi connectivity index (χ3n) is 8.37. The lowest BCUT2D eigenvalue weighted by Crippen LogP contribution is -2.49. The largest absolute Gasteiger partial charge is 0.497 e. The Hall–Kier alpha value is -2.73. The Bertz CT molecular complexity index is 1160. The molecule has 5 rings (SSSR count). The minimum Gasteiger partial charge on any atom is -0.497 e. The monoisotopic (exact) mass is 511 g/mol. The van der Waals surface area contributed by atoms with E-state index in [2.05, 4.69) is 28.9 Å². The number of esters is 1. The number of ether oxygens (including phenoxy) is 4. The third kappa shape index (κ3) is 4.37. The molecule has 1 fully saturated rings. The number of carbonyl (C=O) groups excluding carboxylic acids is 1. The molecule has 4 atom stereocenters. The Kier molecular flexibility index (Phi) is 6.68. The first-order chi connectivity index (χ1) is 17.7. The van der Waals surface area contributed by atoms with Crippen molar-refractivity contribution < 1.29 is 34.0 Å². The molecule has 0 aromatic heterocycles. The Balaban J connectivity index is 1.51. The molecular formula is C29H37NO7. The number of hydrogen-bond acceptors (Lipinski definition) is 8. The highest BCUT2D eigenvalue weighted by molar-refractivity contribution is 5.80. The van der Waals surface area contributed by atoms with Gasteiger partial charge >= 0.3 is 5.97 Å². The molecule has 0 unspecified atom stereocenters. The highest BCUT2D eigenvalue weighted by Gasteiger charge is 2.58. The van der Waals surface area contributed by atoms with Gasteiger partial charge in [-0.1, -0.05) is 18.8 Å². The van der Waals surface area contributed by atoms with Gasteiger partial charge in [-0.05, 0) is 75.4 Å². The van der Waals surface area contributed by atoms with Gasteiger partial charge in [0.25, 0.3) is 0 Å².